The van der Waals surface area contributed by atoms with Crippen LogP contribution in [0.1, 0.15) is 5.56 Å². The van der Waals surface area contributed by atoms with Gasteiger partial charge in [-0.1, -0.05) is 42.5 Å². The van der Waals surface area contributed by atoms with Crippen molar-refractivity contribution in [1.82, 2.24) is 4.72 Å². The fraction of sp³-hybridized carbons (Fsp3) is 0.0588. The molecule has 0 saturated heterocycles. The first kappa shape index (κ1) is 18.2. The topological polar surface area (TPSA) is 72.2 Å². The van der Waals surface area contributed by atoms with Gasteiger partial charge in [0.1, 0.15) is 5.82 Å². The third kappa shape index (κ3) is 3.51. The minimum atomic E-state index is -3.79. The van der Waals surface area contributed by atoms with Crippen LogP contribution in [0.5, 0.6) is 0 Å². The lowest BCUT2D eigenvalue weighted by molar-refractivity contribution is 0.575. The standard InChI is InChI=1S/C17H15FN2O2S.ClH/c18-15-8-2-1-5-12(15)11-20-23(21,22)17-10-4-6-13-14(17)7-3-9-16(13)19;/h1-10,20H,11,19H2;1H. The van der Waals surface area contributed by atoms with Gasteiger partial charge in [-0.15, -0.1) is 12.4 Å². The summed E-state index contributed by atoms with van der Waals surface area (Å²) < 4.78 is 41.2. The molecule has 0 unspecified atom stereocenters. The van der Waals surface area contributed by atoms with Crippen molar-refractivity contribution in [3.05, 3.63) is 72.0 Å². The van der Waals surface area contributed by atoms with Crippen LogP contribution in [0.2, 0.25) is 0 Å². The number of benzene rings is 3. The first-order valence-electron chi connectivity index (χ1n) is 6.99. The highest BCUT2D eigenvalue weighted by Crippen LogP contribution is 2.27. The molecule has 3 aromatic carbocycles. The predicted molar refractivity (Wildman–Crippen MR) is 96.0 cm³/mol. The van der Waals surface area contributed by atoms with E-state index in [-0.39, 0.29) is 29.4 Å². The molecule has 126 valence electrons. The van der Waals surface area contributed by atoms with Crippen LogP contribution < -0.4 is 10.5 Å². The minimum Gasteiger partial charge on any atom is -0.398 e. The number of fused-ring (bicyclic) bond motifs is 1. The van der Waals surface area contributed by atoms with Crippen molar-refractivity contribution in [3.63, 3.8) is 0 Å². The van der Waals surface area contributed by atoms with Crippen LogP contribution >= 0.6 is 12.4 Å². The second-order valence-electron chi connectivity index (χ2n) is 5.11. The Morgan fingerprint density at radius 2 is 1.58 bits per heavy atom. The van der Waals surface area contributed by atoms with E-state index in [0.717, 1.165) is 0 Å². The largest absolute Gasteiger partial charge is 0.398 e. The molecule has 0 aliphatic heterocycles. The number of hydrogen-bond donors (Lipinski definition) is 2. The molecule has 0 aliphatic carbocycles. The van der Waals surface area contributed by atoms with E-state index in [2.05, 4.69) is 4.72 Å². The van der Waals surface area contributed by atoms with Gasteiger partial charge < -0.3 is 5.73 Å². The molecule has 3 aromatic rings. The second-order valence-corrected chi connectivity index (χ2v) is 6.85. The van der Waals surface area contributed by atoms with Gasteiger partial charge in [0.05, 0.1) is 4.90 Å². The van der Waals surface area contributed by atoms with Crippen LogP contribution in [-0.4, -0.2) is 8.42 Å². The van der Waals surface area contributed by atoms with E-state index < -0.39 is 15.8 Å². The van der Waals surface area contributed by atoms with Gasteiger partial charge >= 0.3 is 0 Å². The fourth-order valence-electron chi connectivity index (χ4n) is 2.43. The van der Waals surface area contributed by atoms with Crippen molar-refractivity contribution in [2.24, 2.45) is 0 Å². The number of rotatable bonds is 4. The Morgan fingerprint density at radius 3 is 2.33 bits per heavy atom. The number of sulfonamides is 1. The Hall–Kier alpha value is -2.15. The average molecular weight is 367 g/mol. The molecule has 0 aliphatic rings. The molecule has 0 heterocycles. The smallest absolute Gasteiger partial charge is 0.241 e. The quantitative estimate of drug-likeness (QED) is 0.694. The molecule has 3 N–H and O–H groups in total. The van der Waals surface area contributed by atoms with Crippen molar-refractivity contribution in [2.45, 2.75) is 11.4 Å². The number of nitrogens with two attached hydrogens (primary N) is 1. The van der Waals surface area contributed by atoms with Gasteiger partial charge in [0, 0.05) is 28.6 Å². The molecule has 0 bridgehead atoms. The van der Waals surface area contributed by atoms with E-state index in [9.17, 15) is 12.8 Å². The van der Waals surface area contributed by atoms with E-state index in [4.69, 9.17) is 5.73 Å². The molecule has 7 heteroatoms. The van der Waals surface area contributed by atoms with Crippen molar-refractivity contribution < 1.29 is 12.8 Å². The van der Waals surface area contributed by atoms with Crippen LogP contribution in [0.4, 0.5) is 10.1 Å². The zero-order chi connectivity index (χ0) is 16.4. The highest BCUT2D eigenvalue weighted by atomic mass is 35.5. The van der Waals surface area contributed by atoms with Crippen LogP contribution in [-0.2, 0) is 16.6 Å². The Bertz CT molecular complexity index is 977. The first-order valence-corrected chi connectivity index (χ1v) is 8.47. The summed E-state index contributed by atoms with van der Waals surface area (Å²) in [6, 6.07) is 16.1. The van der Waals surface area contributed by atoms with Gasteiger partial charge in [-0.2, -0.15) is 0 Å². The Morgan fingerprint density at radius 1 is 0.917 bits per heavy atom. The van der Waals surface area contributed by atoms with Crippen LogP contribution in [0, 0.1) is 5.82 Å². The second kappa shape index (κ2) is 7.17. The van der Waals surface area contributed by atoms with Gasteiger partial charge in [-0.3, -0.25) is 0 Å². The fourth-order valence-corrected chi connectivity index (χ4v) is 3.66. The minimum absolute atomic E-state index is 0. The molecule has 0 aromatic heterocycles. The van der Waals surface area contributed by atoms with Gasteiger partial charge in [-0.25, -0.2) is 17.5 Å². The molecular formula is C17H16ClFN2O2S. The third-order valence-electron chi connectivity index (χ3n) is 3.62. The lowest BCUT2D eigenvalue weighted by Crippen LogP contribution is -2.24. The van der Waals surface area contributed by atoms with Crippen LogP contribution in [0.15, 0.2) is 65.6 Å². The molecule has 0 saturated carbocycles. The van der Waals surface area contributed by atoms with E-state index in [0.29, 0.717) is 16.5 Å². The zero-order valence-electron chi connectivity index (χ0n) is 12.6. The first-order chi connectivity index (χ1) is 11.0. The van der Waals surface area contributed by atoms with Crippen LogP contribution in [0.3, 0.4) is 0 Å². The van der Waals surface area contributed by atoms with Crippen molar-refractivity contribution in [2.75, 3.05) is 5.73 Å². The monoisotopic (exact) mass is 366 g/mol. The predicted octanol–water partition coefficient (Wildman–Crippen LogP) is 3.46. The number of nitrogen functional groups attached to an aromatic ring is 1. The molecule has 24 heavy (non-hydrogen) atoms. The number of anilines is 1. The average Bonchev–Trinajstić information content (AvgIpc) is 2.54. The molecule has 0 spiro atoms. The molecular weight excluding hydrogens is 351 g/mol. The summed E-state index contributed by atoms with van der Waals surface area (Å²) in [4.78, 5) is 0.124. The summed E-state index contributed by atoms with van der Waals surface area (Å²) >= 11 is 0. The normalized spacial score (nSPS) is 11.2. The van der Waals surface area contributed by atoms with Gasteiger partial charge in [0.25, 0.3) is 0 Å². The maximum atomic E-state index is 13.6. The zero-order valence-corrected chi connectivity index (χ0v) is 14.2. The van der Waals surface area contributed by atoms with Gasteiger partial charge in [-0.05, 0) is 18.2 Å². The number of nitrogens with one attached hydrogen (secondary N) is 1. The van der Waals surface area contributed by atoms with Gasteiger partial charge in [0.2, 0.25) is 10.0 Å². The summed E-state index contributed by atoms with van der Waals surface area (Å²) in [5.41, 5.74) is 6.68. The Kier molecular flexibility index (Phi) is 5.43. The molecule has 4 nitrogen and oxygen atoms in total. The highest BCUT2D eigenvalue weighted by molar-refractivity contribution is 7.89. The van der Waals surface area contributed by atoms with Gasteiger partial charge in [0.15, 0.2) is 0 Å². The van der Waals surface area contributed by atoms with Crippen LogP contribution in [0.25, 0.3) is 10.8 Å². The summed E-state index contributed by atoms with van der Waals surface area (Å²) in [5.74, 6) is -0.447. The molecule has 0 radical (unpaired) electrons. The van der Waals surface area contributed by atoms with E-state index in [1.807, 2.05) is 0 Å². The Balaban J connectivity index is 0.00000208. The summed E-state index contributed by atoms with van der Waals surface area (Å²) in [6.45, 7) is -0.117. The highest BCUT2D eigenvalue weighted by Gasteiger charge is 2.18. The lowest BCUT2D eigenvalue weighted by atomic mass is 10.1. The number of hydrogen-bond acceptors (Lipinski definition) is 3. The summed E-state index contributed by atoms with van der Waals surface area (Å²) in [5, 5.41) is 1.20. The third-order valence-corrected chi connectivity index (χ3v) is 5.08. The van der Waals surface area contributed by atoms with Crippen molar-refractivity contribution >= 4 is 38.9 Å². The lowest BCUT2D eigenvalue weighted by Gasteiger charge is -2.11. The molecule has 0 fully saturated rings. The SMILES string of the molecule is Cl.Nc1cccc2c(S(=O)(=O)NCc3ccccc3F)cccc12. The molecule has 0 amide bonds. The summed E-state index contributed by atoms with van der Waals surface area (Å²) in [6.07, 6.45) is 0. The van der Waals surface area contributed by atoms with Crippen molar-refractivity contribution in [1.29, 1.82) is 0 Å². The molecule has 3 rings (SSSR count). The van der Waals surface area contributed by atoms with E-state index in [1.54, 1.807) is 48.5 Å². The van der Waals surface area contributed by atoms with E-state index in [1.165, 1.54) is 12.1 Å². The number of halogens is 2. The van der Waals surface area contributed by atoms with Crippen molar-refractivity contribution in [3.8, 4) is 0 Å². The maximum Gasteiger partial charge on any atom is 0.241 e. The maximum absolute atomic E-state index is 13.6. The Labute approximate surface area is 146 Å². The van der Waals surface area contributed by atoms with E-state index >= 15 is 0 Å². The summed E-state index contributed by atoms with van der Waals surface area (Å²) in [7, 11) is -3.79. The molecule has 0 atom stereocenters.